The van der Waals surface area contributed by atoms with Crippen molar-refractivity contribution in [3.63, 3.8) is 0 Å². The first-order valence-electron chi connectivity index (χ1n) is 6.86. The molecule has 9 heteroatoms. The molecule has 1 amide bonds. The summed E-state index contributed by atoms with van der Waals surface area (Å²) < 4.78 is 0.341. The highest BCUT2D eigenvalue weighted by Gasteiger charge is 2.33. The molecule has 1 saturated heterocycles. The highest BCUT2D eigenvalue weighted by atomic mass is 35.5. The molecule has 1 fully saturated rings. The summed E-state index contributed by atoms with van der Waals surface area (Å²) in [6.45, 7) is 0. The van der Waals surface area contributed by atoms with E-state index in [1.165, 1.54) is 17.0 Å². The van der Waals surface area contributed by atoms with Gasteiger partial charge in [0.15, 0.2) is 4.32 Å². The third-order valence-electron chi connectivity index (χ3n) is 3.36. The molecule has 2 aromatic rings. The molecule has 1 aliphatic rings. The molecular weight excluding hydrogens is 384 g/mol. The lowest BCUT2D eigenvalue weighted by atomic mass is 10.1. The van der Waals surface area contributed by atoms with Gasteiger partial charge in [0.1, 0.15) is 0 Å². The van der Waals surface area contributed by atoms with E-state index >= 15 is 0 Å². The van der Waals surface area contributed by atoms with Gasteiger partial charge >= 0.3 is 0 Å². The monoisotopic (exact) mass is 391 g/mol. The van der Waals surface area contributed by atoms with Crippen LogP contribution in [0.25, 0.3) is 6.08 Å². The Morgan fingerprint density at radius 2 is 1.88 bits per heavy atom. The summed E-state index contributed by atoms with van der Waals surface area (Å²) in [6.07, 6.45) is 1.47. The van der Waals surface area contributed by atoms with Gasteiger partial charge in [-0.3, -0.25) is 19.8 Å². The van der Waals surface area contributed by atoms with Crippen LogP contribution in [0.1, 0.15) is 5.56 Å². The normalized spacial score (nSPS) is 15.9. The standard InChI is InChI=1S/C16H9ClN2O4S2/c17-10-2-4-11(5-3-10)18-15(21)14(25-16(18)24)8-9-1-6-13(20)12(7-9)19(22)23/h1-8,20H/p-1/b14-8-. The van der Waals surface area contributed by atoms with E-state index in [0.717, 1.165) is 23.9 Å². The second-order valence-corrected chi connectivity index (χ2v) is 7.09. The van der Waals surface area contributed by atoms with Crippen molar-refractivity contribution in [1.82, 2.24) is 0 Å². The van der Waals surface area contributed by atoms with Crippen LogP contribution in [0.15, 0.2) is 47.4 Å². The highest BCUT2D eigenvalue weighted by Crippen LogP contribution is 2.37. The molecule has 0 radical (unpaired) electrons. The number of carbonyl (C=O) groups is 1. The van der Waals surface area contributed by atoms with Crippen LogP contribution in [0.4, 0.5) is 11.4 Å². The van der Waals surface area contributed by atoms with E-state index in [1.54, 1.807) is 24.3 Å². The number of anilines is 1. The average molecular weight is 392 g/mol. The number of halogens is 1. The van der Waals surface area contributed by atoms with Crippen molar-refractivity contribution in [2.45, 2.75) is 0 Å². The van der Waals surface area contributed by atoms with Crippen molar-refractivity contribution in [2.24, 2.45) is 0 Å². The van der Waals surface area contributed by atoms with Gasteiger partial charge in [-0.05, 0) is 41.7 Å². The van der Waals surface area contributed by atoms with Crippen molar-refractivity contribution in [1.29, 1.82) is 0 Å². The summed E-state index contributed by atoms with van der Waals surface area (Å²) in [5.74, 6) is -1.03. The third kappa shape index (κ3) is 3.51. The van der Waals surface area contributed by atoms with Gasteiger partial charge in [0.2, 0.25) is 0 Å². The van der Waals surface area contributed by atoms with E-state index in [9.17, 15) is 20.0 Å². The summed E-state index contributed by atoms with van der Waals surface area (Å²) in [4.78, 5) is 24.4. The van der Waals surface area contributed by atoms with Crippen molar-refractivity contribution >= 4 is 63.3 Å². The van der Waals surface area contributed by atoms with Gasteiger partial charge in [-0.15, -0.1) is 0 Å². The van der Waals surface area contributed by atoms with Gasteiger partial charge in [0.25, 0.3) is 11.6 Å². The Balaban J connectivity index is 1.94. The number of carbonyl (C=O) groups excluding carboxylic acids is 1. The van der Waals surface area contributed by atoms with Gasteiger partial charge in [-0.1, -0.05) is 47.7 Å². The maximum atomic E-state index is 12.6. The van der Waals surface area contributed by atoms with Crippen LogP contribution in [0.5, 0.6) is 5.75 Å². The molecule has 25 heavy (non-hydrogen) atoms. The van der Waals surface area contributed by atoms with Crippen molar-refractivity contribution in [3.8, 4) is 5.75 Å². The topological polar surface area (TPSA) is 86.5 Å². The highest BCUT2D eigenvalue weighted by molar-refractivity contribution is 8.27. The van der Waals surface area contributed by atoms with Gasteiger partial charge in [0, 0.05) is 11.1 Å². The Bertz CT molecular complexity index is 928. The molecule has 0 bridgehead atoms. The molecule has 0 saturated carbocycles. The van der Waals surface area contributed by atoms with Crippen LogP contribution >= 0.6 is 35.6 Å². The second-order valence-electron chi connectivity index (χ2n) is 4.98. The first-order valence-corrected chi connectivity index (χ1v) is 8.46. The van der Waals surface area contributed by atoms with E-state index in [-0.39, 0.29) is 5.91 Å². The number of nitro benzene ring substituents is 1. The maximum absolute atomic E-state index is 12.6. The summed E-state index contributed by atoms with van der Waals surface area (Å²) in [5.41, 5.74) is 0.418. The summed E-state index contributed by atoms with van der Waals surface area (Å²) in [7, 11) is 0. The van der Waals surface area contributed by atoms with Crippen LogP contribution in [0.2, 0.25) is 5.02 Å². The third-order valence-corrected chi connectivity index (χ3v) is 4.91. The molecule has 0 spiro atoms. The molecule has 0 N–H and O–H groups in total. The first kappa shape index (κ1) is 17.4. The molecule has 6 nitrogen and oxygen atoms in total. The summed E-state index contributed by atoms with van der Waals surface area (Å²) >= 11 is 12.2. The van der Waals surface area contributed by atoms with Crippen LogP contribution in [0.3, 0.4) is 0 Å². The van der Waals surface area contributed by atoms with Crippen molar-refractivity contribution < 1.29 is 14.8 Å². The fraction of sp³-hybridized carbons (Fsp3) is 0. The summed E-state index contributed by atoms with van der Waals surface area (Å²) in [5, 5.41) is 22.9. The smallest absolute Gasteiger partial charge is 0.270 e. The Labute approximate surface area is 156 Å². The lowest BCUT2D eigenvalue weighted by Crippen LogP contribution is -2.27. The second kappa shape index (κ2) is 6.83. The first-order chi connectivity index (χ1) is 11.9. The van der Waals surface area contributed by atoms with E-state index < -0.39 is 16.4 Å². The van der Waals surface area contributed by atoms with Crippen LogP contribution in [-0.2, 0) is 4.79 Å². The van der Waals surface area contributed by atoms with Crippen molar-refractivity contribution in [3.05, 3.63) is 68.1 Å². The van der Waals surface area contributed by atoms with Gasteiger partial charge in [-0.2, -0.15) is 0 Å². The molecule has 0 atom stereocenters. The van der Waals surface area contributed by atoms with Crippen LogP contribution < -0.4 is 10.0 Å². The Kier molecular flexibility index (Phi) is 4.76. The number of thioether (sulfide) groups is 1. The number of nitrogens with zero attached hydrogens (tertiary/aromatic N) is 2. The fourth-order valence-electron chi connectivity index (χ4n) is 2.20. The minimum absolute atomic E-state index is 0.313. The number of amides is 1. The number of hydrogen-bond donors (Lipinski definition) is 0. The molecule has 0 unspecified atom stereocenters. The Hall–Kier alpha value is -2.42. The Morgan fingerprint density at radius 3 is 2.52 bits per heavy atom. The molecule has 2 aromatic carbocycles. The quantitative estimate of drug-likeness (QED) is 0.343. The van der Waals surface area contributed by atoms with Crippen LogP contribution in [-0.4, -0.2) is 15.2 Å². The number of rotatable bonds is 3. The zero-order valence-corrected chi connectivity index (χ0v) is 14.7. The average Bonchev–Trinajstić information content (AvgIpc) is 2.84. The van der Waals surface area contributed by atoms with Gasteiger partial charge < -0.3 is 5.11 Å². The SMILES string of the molecule is O=C1/C(=C/c2ccc([O-])c([N+](=O)[O-])c2)SC(=S)N1c1ccc(Cl)cc1. The number of benzene rings is 2. The molecule has 0 aliphatic carbocycles. The largest absolute Gasteiger partial charge is 0.868 e. The zero-order chi connectivity index (χ0) is 18.1. The van der Waals surface area contributed by atoms with E-state index in [0.29, 0.717) is 25.5 Å². The number of hydrogen-bond acceptors (Lipinski definition) is 6. The predicted octanol–water partition coefficient (Wildman–Crippen LogP) is 3.73. The van der Waals surface area contributed by atoms with Crippen molar-refractivity contribution in [2.75, 3.05) is 4.90 Å². The molecule has 3 rings (SSSR count). The zero-order valence-electron chi connectivity index (χ0n) is 12.3. The van der Waals surface area contributed by atoms with E-state index in [2.05, 4.69) is 0 Å². The lowest BCUT2D eigenvalue weighted by Gasteiger charge is -2.14. The molecule has 1 heterocycles. The lowest BCUT2D eigenvalue weighted by molar-refractivity contribution is -0.398. The van der Waals surface area contributed by atoms with E-state index in [1.807, 2.05) is 0 Å². The Morgan fingerprint density at radius 1 is 1.20 bits per heavy atom. The minimum atomic E-state index is -0.751. The number of thiocarbonyl (C=S) groups is 1. The molecule has 1 aliphatic heterocycles. The van der Waals surface area contributed by atoms with Gasteiger partial charge in [-0.25, -0.2) is 0 Å². The molecule has 126 valence electrons. The maximum Gasteiger partial charge on any atom is 0.270 e. The molecule has 0 aromatic heterocycles. The van der Waals surface area contributed by atoms with Crippen LogP contribution in [0, 0.1) is 10.1 Å². The fourth-order valence-corrected chi connectivity index (χ4v) is 3.62. The predicted molar refractivity (Wildman–Crippen MR) is 99.6 cm³/mol. The number of nitro groups is 1. The minimum Gasteiger partial charge on any atom is -0.868 e. The van der Waals surface area contributed by atoms with Gasteiger partial charge in [0.05, 0.1) is 15.5 Å². The van der Waals surface area contributed by atoms with E-state index in [4.69, 9.17) is 23.8 Å². The summed E-state index contributed by atoms with van der Waals surface area (Å²) in [6, 6.07) is 10.3. The molecular formula is C16H8ClN2O4S2-.